The third-order valence-corrected chi connectivity index (χ3v) is 3.97. The number of nitrogens with zero attached hydrogens (tertiary/aromatic N) is 1. The zero-order valence-corrected chi connectivity index (χ0v) is 13.5. The quantitative estimate of drug-likeness (QED) is 0.806. The highest BCUT2D eigenvalue weighted by atomic mass is 16.2. The van der Waals surface area contributed by atoms with Gasteiger partial charge in [0, 0.05) is 31.5 Å². The zero-order chi connectivity index (χ0) is 15.2. The third-order valence-electron chi connectivity index (χ3n) is 3.97. The minimum Gasteiger partial charge on any atom is -0.353 e. The molecule has 0 aromatic heterocycles. The molecule has 0 bridgehead atoms. The Bertz CT molecular complexity index is 326. The second-order valence-corrected chi connectivity index (χ2v) is 6.85. The van der Waals surface area contributed by atoms with Gasteiger partial charge in [-0.1, -0.05) is 25.7 Å². The highest BCUT2D eigenvalue weighted by Crippen LogP contribution is 2.18. The molecule has 1 fully saturated rings. The van der Waals surface area contributed by atoms with E-state index in [0.717, 1.165) is 12.8 Å². The normalized spacial score (nSPS) is 17.4. The average molecular weight is 282 g/mol. The first-order chi connectivity index (χ1) is 9.30. The van der Waals surface area contributed by atoms with Crippen LogP contribution in [0.2, 0.25) is 0 Å². The van der Waals surface area contributed by atoms with Crippen molar-refractivity contribution in [2.45, 2.75) is 84.2 Å². The van der Waals surface area contributed by atoms with Crippen molar-refractivity contribution in [1.29, 1.82) is 0 Å². The van der Waals surface area contributed by atoms with E-state index in [1.807, 2.05) is 20.8 Å². The Morgan fingerprint density at radius 2 is 1.65 bits per heavy atom. The van der Waals surface area contributed by atoms with Crippen molar-refractivity contribution >= 4 is 11.8 Å². The highest BCUT2D eigenvalue weighted by molar-refractivity contribution is 5.78. The topological polar surface area (TPSA) is 49.4 Å². The summed E-state index contributed by atoms with van der Waals surface area (Å²) in [7, 11) is 0. The van der Waals surface area contributed by atoms with Crippen LogP contribution in [0.5, 0.6) is 0 Å². The number of nitrogens with one attached hydrogen (secondary N) is 1. The van der Waals surface area contributed by atoms with Crippen molar-refractivity contribution in [2.75, 3.05) is 6.54 Å². The average Bonchev–Trinajstić information content (AvgIpc) is 2.55. The number of rotatable bonds is 4. The van der Waals surface area contributed by atoms with Gasteiger partial charge < -0.3 is 10.2 Å². The minimum atomic E-state index is -0.228. The Kier molecular flexibility index (Phi) is 6.50. The first-order valence-corrected chi connectivity index (χ1v) is 7.88. The fourth-order valence-corrected chi connectivity index (χ4v) is 2.90. The Morgan fingerprint density at radius 3 is 2.10 bits per heavy atom. The van der Waals surface area contributed by atoms with Crippen LogP contribution in [-0.2, 0) is 9.59 Å². The van der Waals surface area contributed by atoms with Gasteiger partial charge in [0.2, 0.25) is 11.8 Å². The molecule has 1 rings (SSSR count). The second kappa shape index (κ2) is 7.65. The molecule has 2 amide bonds. The molecular weight excluding hydrogens is 252 g/mol. The molecular formula is C16H30N2O2. The monoisotopic (exact) mass is 282 g/mol. The molecule has 0 radical (unpaired) electrons. The maximum atomic E-state index is 12.0. The van der Waals surface area contributed by atoms with Crippen LogP contribution in [0.4, 0.5) is 0 Å². The summed E-state index contributed by atoms with van der Waals surface area (Å²) in [6.07, 6.45) is 7.60. The van der Waals surface area contributed by atoms with E-state index in [0.29, 0.717) is 19.0 Å². The van der Waals surface area contributed by atoms with Crippen molar-refractivity contribution in [3.05, 3.63) is 0 Å². The summed E-state index contributed by atoms with van der Waals surface area (Å²) in [6.45, 7) is 8.05. The largest absolute Gasteiger partial charge is 0.353 e. The summed E-state index contributed by atoms with van der Waals surface area (Å²) < 4.78 is 0. The molecule has 1 aliphatic rings. The van der Waals surface area contributed by atoms with E-state index in [4.69, 9.17) is 0 Å². The van der Waals surface area contributed by atoms with Crippen LogP contribution in [0.3, 0.4) is 0 Å². The van der Waals surface area contributed by atoms with Crippen LogP contribution in [-0.4, -0.2) is 34.8 Å². The van der Waals surface area contributed by atoms with Gasteiger partial charge in [0.25, 0.3) is 0 Å². The van der Waals surface area contributed by atoms with E-state index in [9.17, 15) is 9.59 Å². The Hall–Kier alpha value is -1.06. The lowest BCUT2D eigenvalue weighted by Crippen LogP contribution is -2.46. The van der Waals surface area contributed by atoms with Crippen molar-refractivity contribution in [3.63, 3.8) is 0 Å². The van der Waals surface area contributed by atoms with Gasteiger partial charge in [-0.3, -0.25) is 9.59 Å². The summed E-state index contributed by atoms with van der Waals surface area (Å²) in [5.41, 5.74) is -0.228. The molecule has 0 aliphatic heterocycles. The molecule has 0 aromatic carbocycles. The third kappa shape index (κ3) is 5.93. The molecule has 20 heavy (non-hydrogen) atoms. The first-order valence-electron chi connectivity index (χ1n) is 7.88. The summed E-state index contributed by atoms with van der Waals surface area (Å²) in [5.74, 6) is 0.104. The Labute approximate surface area is 123 Å². The maximum absolute atomic E-state index is 12.0. The molecule has 1 N–H and O–H groups in total. The fraction of sp³-hybridized carbons (Fsp3) is 0.875. The van der Waals surface area contributed by atoms with Crippen molar-refractivity contribution < 1.29 is 9.59 Å². The summed E-state index contributed by atoms with van der Waals surface area (Å²) in [5, 5.41) is 3.13. The molecule has 1 aliphatic carbocycles. The van der Waals surface area contributed by atoms with Gasteiger partial charge in [-0.2, -0.15) is 0 Å². The molecule has 0 aromatic rings. The van der Waals surface area contributed by atoms with Crippen LogP contribution in [0, 0.1) is 0 Å². The molecule has 0 spiro atoms. The Balaban J connectivity index is 2.39. The predicted molar refractivity (Wildman–Crippen MR) is 81.4 cm³/mol. The zero-order valence-electron chi connectivity index (χ0n) is 13.5. The van der Waals surface area contributed by atoms with Gasteiger partial charge in [0.15, 0.2) is 0 Å². The molecule has 0 unspecified atom stereocenters. The van der Waals surface area contributed by atoms with Gasteiger partial charge in [-0.15, -0.1) is 0 Å². The summed E-state index contributed by atoms with van der Waals surface area (Å²) in [4.78, 5) is 25.4. The SMILES string of the molecule is CC(=O)N(CCC(=O)NC1CCCCCC1)C(C)(C)C. The lowest BCUT2D eigenvalue weighted by atomic mass is 10.1. The van der Waals surface area contributed by atoms with Crippen molar-refractivity contribution in [3.8, 4) is 0 Å². The van der Waals surface area contributed by atoms with E-state index in [1.54, 1.807) is 11.8 Å². The van der Waals surface area contributed by atoms with Gasteiger partial charge in [0.05, 0.1) is 0 Å². The number of carbonyl (C=O) groups excluding carboxylic acids is 2. The first kappa shape index (κ1) is 17.0. The van der Waals surface area contributed by atoms with Gasteiger partial charge in [-0.05, 0) is 33.6 Å². The fourth-order valence-electron chi connectivity index (χ4n) is 2.90. The molecule has 0 atom stereocenters. The number of hydrogen-bond donors (Lipinski definition) is 1. The van der Waals surface area contributed by atoms with E-state index in [1.165, 1.54) is 25.7 Å². The standard InChI is InChI=1S/C16H30N2O2/c1-13(19)18(16(2,3)4)12-11-15(20)17-14-9-7-5-6-8-10-14/h14H,5-12H2,1-4H3,(H,17,20). The van der Waals surface area contributed by atoms with Gasteiger partial charge in [0.1, 0.15) is 0 Å². The van der Waals surface area contributed by atoms with Crippen LogP contribution in [0.1, 0.15) is 72.6 Å². The molecule has 116 valence electrons. The van der Waals surface area contributed by atoms with E-state index < -0.39 is 0 Å². The van der Waals surface area contributed by atoms with E-state index >= 15 is 0 Å². The number of hydrogen-bond acceptors (Lipinski definition) is 2. The Morgan fingerprint density at radius 1 is 1.10 bits per heavy atom. The molecule has 4 heteroatoms. The maximum Gasteiger partial charge on any atom is 0.221 e. The van der Waals surface area contributed by atoms with Crippen LogP contribution < -0.4 is 5.32 Å². The number of carbonyl (C=O) groups is 2. The highest BCUT2D eigenvalue weighted by Gasteiger charge is 2.24. The van der Waals surface area contributed by atoms with E-state index in [-0.39, 0.29) is 17.4 Å². The van der Waals surface area contributed by atoms with Crippen molar-refractivity contribution in [2.24, 2.45) is 0 Å². The second-order valence-electron chi connectivity index (χ2n) is 6.85. The smallest absolute Gasteiger partial charge is 0.221 e. The lowest BCUT2D eigenvalue weighted by Gasteiger charge is -2.35. The summed E-state index contributed by atoms with van der Waals surface area (Å²) >= 11 is 0. The van der Waals surface area contributed by atoms with E-state index in [2.05, 4.69) is 5.32 Å². The molecule has 0 saturated heterocycles. The number of amides is 2. The van der Waals surface area contributed by atoms with Crippen LogP contribution in [0.15, 0.2) is 0 Å². The van der Waals surface area contributed by atoms with Crippen molar-refractivity contribution in [1.82, 2.24) is 10.2 Å². The van der Waals surface area contributed by atoms with Crippen LogP contribution in [0.25, 0.3) is 0 Å². The van der Waals surface area contributed by atoms with Gasteiger partial charge in [-0.25, -0.2) is 0 Å². The summed E-state index contributed by atoms with van der Waals surface area (Å²) in [6, 6.07) is 0.338. The lowest BCUT2D eigenvalue weighted by molar-refractivity contribution is -0.134. The molecule has 1 saturated carbocycles. The van der Waals surface area contributed by atoms with Gasteiger partial charge >= 0.3 is 0 Å². The molecule has 0 heterocycles. The van der Waals surface area contributed by atoms with Crippen LogP contribution >= 0.6 is 0 Å². The predicted octanol–water partition coefficient (Wildman–Crippen LogP) is 2.86. The minimum absolute atomic E-state index is 0.0276. The molecule has 4 nitrogen and oxygen atoms in total.